The lowest BCUT2D eigenvalue weighted by Gasteiger charge is -2.13. The van der Waals surface area contributed by atoms with Crippen molar-refractivity contribution >= 4 is 34.8 Å². The highest BCUT2D eigenvalue weighted by molar-refractivity contribution is 6.36. The van der Waals surface area contributed by atoms with Crippen LogP contribution in [0.2, 0.25) is 5.02 Å². The number of aromatic amines is 1. The van der Waals surface area contributed by atoms with Crippen LogP contribution in [0.4, 0.5) is 5.69 Å². The van der Waals surface area contributed by atoms with Crippen LogP contribution in [0, 0.1) is 0 Å². The van der Waals surface area contributed by atoms with Crippen molar-refractivity contribution in [3.05, 3.63) is 75.6 Å². The van der Waals surface area contributed by atoms with Gasteiger partial charge >= 0.3 is 0 Å². The van der Waals surface area contributed by atoms with Gasteiger partial charge in [-0.05, 0) is 98.6 Å². The van der Waals surface area contributed by atoms with Crippen LogP contribution in [-0.2, 0) is 24.1 Å². The van der Waals surface area contributed by atoms with Crippen molar-refractivity contribution in [2.45, 2.75) is 46.0 Å². The highest BCUT2D eigenvalue weighted by Crippen LogP contribution is 2.41. The Balaban J connectivity index is 0.00000259. The lowest BCUT2D eigenvalue weighted by atomic mass is 9.91. The van der Waals surface area contributed by atoms with E-state index in [-0.39, 0.29) is 13.3 Å². The van der Waals surface area contributed by atoms with E-state index in [2.05, 4.69) is 27.8 Å². The van der Waals surface area contributed by atoms with Crippen molar-refractivity contribution in [1.82, 2.24) is 10.3 Å². The van der Waals surface area contributed by atoms with Crippen LogP contribution in [0.25, 0.3) is 22.8 Å². The fourth-order valence-corrected chi connectivity index (χ4v) is 5.16. The molecule has 1 aromatic heterocycles. The van der Waals surface area contributed by atoms with Crippen molar-refractivity contribution in [2.24, 2.45) is 0 Å². The van der Waals surface area contributed by atoms with Gasteiger partial charge in [0.05, 0.1) is 5.57 Å². The zero-order chi connectivity index (χ0) is 22.1. The molecule has 0 unspecified atom stereocenters. The van der Waals surface area contributed by atoms with Gasteiger partial charge in [-0.25, -0.2) is 0 Å². The first-order valence-corrected chi connectivity index (χ1v) is 11.8. The van der Waals surface area contributed by atoms with E-state index in [0.717, 1.165) is 65.9 Å². The Bertz CT molecular complexity index is 1190. The third-order valence-corrected chi connectivity index (χ3v) is 6.82. The van der Waals surface area contributed by atoms with Crippen LogP contribution >= 0.6 is 11.6 Å². The van der Waals surface area contributed by atoms with Crippen LogP contribution in [-0.4, -0.2) is 24.5 Å². The molecule has 3 aromatic rings. The number of H-pyrrole nitrogens is 1. The normalized spacial score (nSPS) is 15.7. The molecule has 5 rings (SSSR count). The number of hydrogen-bond acceptors (Lipinski definition) is 2. The van der Waals surface area contributed by atoms with Gasteiger partial charge in [0.25, 0.3) is 5.91 Å². The fraction of sp³-hybridized carbons (Fsp3) is 0.321. The predicted octanol–water partition coefficient (Wildman–Crippen LogP) is 6.49. The maximum Gasteiger partial charge on any atom is 0.256 e. The molecule has 1 aliphatic carbocycles. The summed E-state index contributed by atoms with van der Waals surface area (Å²) in [6.45, 7) is 0.986. The number of rotatable bonds is 6. The summed E-state index contributed by atoms with van der Waals surface area (Å²) < 4.78 is 0. The number of aryl methyl sites for hydroxylation is 1. The second-order valence-electron chi connectivity index (χ2n) is 8.64. The molecule has 2 aliphatic rings. The monoisotopic (exact) mass is 461 g/mol. The zero-order valence-electron chi connectivity index (χ0n) is 18.4. The molecule has 0 saturated heterocycles. The Hall–Kier alpha value is -2.82. The third kappa shape index (κ3) is 4.50. The molecule has 0 bridgehead atoms. The molecule has 0 fully saturated rings. The highest BCUT2D eigenvalue weighted by Gasteiger charge is 2.28. The number of carbonyl (C=O) groups is 1. The molecule has 3 N–H and O–H groups in total. The van der Waals surface area contributed by atoms with E-state index < -0.39 is 0 Å². The minimum atomic E-state index is -0.0461. The summed E-state index contributed by atoms with van der Waals surface area (Å²) in [7, 11) is 1.99. The molecule has 2 aromatic carbocycles. The maximum absolute atomic E-state index is 13.1. The molecule has 5 heteroatoms. The third-order valence-electron chi connectivity index (χ3n) is 6.57. The topological polar surface area (TPSA) is 56.9 Å². The number of aromatic nitrogens is 1. The highest BCUT2D eigenvalue weighted by atomic mass is 35.5. The smallest absolute Gasteiger partial charge is 0.256 e. The minimum absolute atomic E-state index is 0. The maximum atomic E-state index is 13.1. The number of amides is 1. The molecule has 1 aliphatic heterocycles. The van der Waals surface area contributed by atoms with Crippen LogP contribution < -0.4 is 10.6 Å². The Morgan fingerprint density at radius 3 is 2.67 bits per heavy atom. The average molecular weight is 462 g/mol. The first kappa shape index (κ1) is 23.3. The van der Waals surface area contributed by atoms with Crippen molar-refractivity contribution in [3.8, 4) is 11.1 Å². The van der Waals surface area contributed by atoms with E-state index in [0.29, 0.717) is 5.02 Å². The summed E-state index contributed by atoms with van der Waals surface area (Å²) in [6.07, 6.45) is 8.86. The minimum Gasteiger partial charge on any atom is -0.358 e. The van der Waals surface area contributed by atoms with Gasteiger partial charge in [0.2, 0.25) is 0 Å². The summed E-state index contributed by atoms with van der Waals surface area (Å²) in [5.74, 6) is -0.0461. The van der Waals surface area contributed by atoms with E-state index in [9.17, 15) is 4.79 Å². The molecule has 4 nitrogen and oxygen atoms in total. The van der Waals surface area contributed by atoms with E-state index >= 15 is 0 Å². The molecule has 0 atom stereocenters. The average Bonchev–Trinajstić information content (AvgIpc) is 3.32. The quantitative estimate of drug-likeness (QED) is 0.290. The van der Waals surface area contributed by atoms with Gasteiger partial charge in [0, 0.05) is 27.7 Å². The first-order valence-electron chi connectivity index (χ1n) is 11.5. The summed E-state index contributed by atoms with van der Waals surface area (Å²) in [4.78, 5) is 16.7. The molecule has 33 heavy (non-hydrogen) atoms. The number of halogens is 1. The van der Waals surface area contributed by atoms with Gasteiger partial charge in [0.1, 0.15) is 0 Å². The molecule has 2 heterocycles. The van der Waals surface area contributed by atoms with Crippen molar-refractivity contribution in [3.63, 3.8) is 0 Å². The number of nitrogens with one attached hydrogen (secondary N) is 3. The molecule has 1 amide bonds. The number of anilines is 1. The predicted molar refractivity (Wildman–Crippen MR) is 140 cm³/mol. The lowest BCUT2D eigenvalue weighted by molar-refractivity contribution is -0.110. The van der Waals surface area contributed by atoms with Crippen LogP contribution in [0.1, 0.15) is 54.8 Å². The SMILES string of the molecule is C.CNCCCc1c(/C=C2\C(=O)Nc3cccc(-c4ccc(Cl)cc4)c32)[nH]c2c1CCCC2. The molecule has 0 spiro atoms. The van der Waals surface area contributed by atoms with E-state index in [1.54, 1.807) is 0 Å². The number of benzene rings is 2. The van der Waals surface area contributed by atoms with Gasteiger partial charge in [-0.15, -0.1) is 0 Å². The summed E-state index contributed by atoms with van der Waals surface area (Å²) in [5, 5.41) is 7.02. The van der Waals surface area contributed by atoms with Crippen molar-refractivity contribution in [2.75, 3.05) is 18.9 Å². The number of carbonyl (C=O) groups excluding carboxylic acids is 1. The van der Waals surface area contributed by atoms with E-state index in [4.69, 9.17) is 11.6 Å². The second kappa shape index (κ2) is 9.98. The van der Waals surface area contributed by atoms with Gasteiger partial charge < -0.3 is 15.6 Å². The molecule has 0 saturated carbocycles. The van der Waals surface area contributed by atoms with Crippen LogP contribution in [0.5, 0.6) is 0 Å². The number of hydrogen-bond donors (Lipinski definition) is 3. The largest absolute Gasteiger partial charge is 0.358 e. The van der Waals surface area contributed by atoms with Gasteiger partial charge in [-0.2, -0.15) is 0 Å². The molecular weight excluding hydrogens is 430 g/mol. The molecule has 172 valence electrons. The van der Waals surface area contributed by atoms with Crippen molar-refractivity contribution < 1.29 is 4.79 Å². The van der Waals surface area contributed by atoms with Gasteiger partial charge in [0.15, 0.2) is 0 Å². The van der Waals surface area contributed by atoms with Crippen LogP contribution in [0.15, 0.2) is 42.5 Å². The summed E-state index contributed by atoms with van der Waals surface area (Å²) in [5.41, 5.74) is 9.94. The van der Waals surface area contributed by atoms with Crippen LogP contribution in [0.3, 0.4) is 0 Å². The molecule has 0 radical (unpaired) electrons. The summed E-state index contributed by atoms with van der Waals surface area (Å²) in [6, 6.07) is 13.8. The standard InChI is InChI=1S/C27H28ClN3O.CH4/c1-29-15-5-8-21-20-6-2-3-9-23(20)30-25(21)16-22-26-19(17-11-13-18(28)14-12-17)7-4-10-24(26)31-27(22)32;/h4,7,10-14,16,29-30H,2-3,5-6,8-9,15H2,1H3,(H,31,32);1H4/b22-16-;. The Labute approximate surface area is 201 Å². The Morgan fingerprint density at radius 1 is 1.09 bits per heavy atom. The first-order chi connectivity index (χ1) is 15.7. The lowest BCUT2D eigenvalue weighted by Crippen LogP contribution is -2.09. The van der Waals surface area contributed by atoms with E-state index in [1.807, 2.05) is 43.4 Å². The summed E-state index contributed by atoms with van der Waals surface area (Å²) >= 11 is 6.11. The Kier molecular flexibility index (Phi) is 7.06. The van der Waals surface area contributed by atoms with Gasteiger partial charge in [-0.3, -0.25) is 4.79 Å². The fourth-order valence-electron chi connectivity index (χ4n) is 5.03. The molecular formula is C28H32ClN3O. The Morgan fingerprint density at radius 2 is 1.88 bits per heavy atom. The van der Waals surface area contributed by atoms with Gasteiger partial charge in [-0.1, -0.05) is 43.3 Å². The number of fused-ring (bicyclic) bond motifs is 2. The van der Waals surface area contributed by atoms with Crippen molar-refractivity contribution in [1.29, 1.82) is 0 Å². The van der Waals surface area contributed by atoms with E-state index in [1.165, 1.54) is 29.7 Å². The zero-order valence-corrected chi connectivity index (χ0v) is 19.1. The second-order valence-corrected chi connectivity index (χ2v) is 9.07.